The zero-order valence-corrected chi connectivity index (χ0v) is 36.3. The van der Waals surface area contributed by atoms with Crippen LogP contribution >= 0.6 is 0 Å². The van der Waals surface area contributed by atoms with Crippen LogP contribution in [0.25, 0.3) is 83.1 Å². The Morgan fingerprint density at radius 2 is 1.10 bits per heavy atom. The van der Waals surface area contributed by atoms with Gasteiger partial charge in [0, 0.05) is 16.3 Å². The molecule has 0 N–H and O–H groups in total. The third-order valence-electron chi connectivity index (χ3n) is 14.3. The fraction of sp³-hybridized carbons (Fsp3) is 0.129. The maximum absolute atomic E-state index is 2.60. The quantitative estimate of drug-likeness (QED) is 0.144. The van der Waals surface area contributed by atoms with Crippen LogP contribution in [0.15, 0.2) is 188 Å². The standard InChI is InChI=1S/C62H49N/c1-39-14-10-18-45(36-39)43-33-31-42(32-34-43)40(2)28-30-44-15-4-8-21-50(44)59-41(3)29-35-58-62(59)61-54(53-24-12-23-52-49-20-7-5-17-47(49)38-55(52)53)25-13-27-57(61)63(58)56-26-11-19-48-37-46-16-6-9-22-51(46)60(48)56/h4-27,29,31-36,40H,28,30,37-38H2,1-3H3. The summed E-state index contributed by atoms with van der Waals surface area (Å²) in [6.45, 7) is 6.88. The minimum atomic E-state index is 0.419. The van der Waals surface area contributed by atoms with Crippen LogP contribution < -0.4 is 0 Å². The number of hydrogen-bond donors (Lipinski definition) is 0. The van der Waals surface area contributed by atoms with E-state index in [0.29, 0.717) is 5.92 Å². The summed E-state index contributed by atoms with van der Waals surface area (Å²) in [5, 5.41) is 2.67. The minimum Gasteiger partial charge on any atom is -0.309 e. The first-order chi connectivity index (χ1) is 31.0. The molecule has 1 heterocycles. The van der Waals surface area contributed by atoms with Gasteiger partial charge in [-0.1, -0.05) is 182 Å². The number of aromatic nitrogens is 1. The van der Waals surface area contributed by atoms with E-state index in [1.165, 1.54) is 128 Å². The van der Waals surface area contributed by atoms with E-state index in [-0.39, 0.29) is 0 Å². The first-order valence-electron chi connectivity index (χ1n) is 22.7. The maximum atomic E-state index is 2.60. The molecular formula is C62H49N. The zero-order chi connectivity index (χ0) is 42.2. The number of aryl methyl sites for hydroxylation is 3. The molecule has 0 spiro atoms. The van der Waals surface area contributed by atoms with Gasteiger partial charge in [-0.15, -0.1) is 0 Å². The topological polar surface area (TPSA) is 4.93 Å². The van der Waals surface area contributed by atoms with Gasteiger partial charge < -0.3 is 4.57 Å². The highest BCUT2D eigenvalue weighted by molar-refractivity contribution is 6.22. The molecule has 0 radical (unpaired) electrons. The lowest BCUT2D eigenvalue weighted by Crippen LogP contribution is -2.00. The summed E-state index contributed by atoms with van der Waals surface area (Å²) in [7, 11) is 0. The summed E-state index contributed by atoms with van der Waals surface area (Å²) < 4.78 is 2.60. The van der Waals surface area contributed by atoms with Crippen LogP contribution in [0.3, 0.4) is 0 Å². The van der Waals surface area contributed by atoms with Crippen LogP contribution in [0.5, 0.6) is 0 Å². The number of rotatable bonds is 8. The van der Waals surface area contributed by atoms with Crippen LogP contribution in [-0.4, -0.2) is 4.57 Å². The van der Waals surface area contributed by atoms with Gasteiger partial charge >= 0.3 is 0 Å². The highest BCUT2D eigenvalue weighted by Gasteiger charge is 2.28. The van der Waals surface area contributed by atoms with Crippen LogP contribution in [0, 0.1) is 13.8 Å². The van der Waals surface area contributed by atoms with E-state index in [9.17, 15) is 0 Å². The van der Waals surface area contributed by atoms with E-state index >= 15 is 0 Å². The number of benzene rings is 9. The molecule has 1 aromatic heterocycles. The molecule has 1 nitrogen and oxygen atoms in total. The van der Waals surface area contributed by atoms with E-state index in [1.807, 2.05) is 0 Å². The van der Waals surface area contributed by atoms with Crippen LogP contribution in [-0.2, 0) is 19.3 Å². The lowest BCUT2D eigenvalue weighted by molar-refractivity contribution is 0.680. The average molecular weight is 808 g/mol. The van der Waals surface area contributed by atoms with Gasteiger partial charge in [-0.25, -0.2) is 0 Å². The van der Waals surface area contributed by atoms with Crippen molar-refractivity contribution < 1.29 is 0 Å². The summed E-state index contributed by atoms with van der Waals surface area (Å²) in [4.78, 5) is 0. The Kier molecular flexibility index (Phi) is 8.94. The predicted molar refractivity (Wildman–Crippen MR) is 266 cm³/mol. The summed E-state index contributed by atoms with van der Waals surface area (Å²) in [6.07, 6.45) is 3.97. The molecular weight excluding hydrogens is 759 g/mol. The van der Waals surface area contributed by atoms with Gasteiger partial charge in [0.25, 0.3) is 0 Å². The highest BCUT2D eigenvalue weighted by atomic mass is 15.0. The Morgan fingerprint density at radius 1 is 0.460 bits per heavy atom. The molecule has 302 valence electrons. The SMILES string of the molecule is Cc1cccc(-c2ccc(C(C)CCc3ccccc3-c3c(C)ccc4c3c3c(-c5cccc6c5Cc5ccccc5-6)cccc3n4-c3cccc4c3-c3ccccc3C4)cc2)c1. The fourth-order valence-corrected chi connectivity index (χ4v) is 11.2. The van der Waals surface area contributed by atoms with E-state index in [1.54, 1.807) is 0 Å². The minimum absolute atomic E-state index is 0.419. The van der Waals surface area contributed by atoms with Crippen molar-refractivity contribution in [1.29, 1.82) is 0 Å². The van der Waals surface area contributed by atoms with Gasteiger partial charge in [0.05, 0.1) is 16.7 Å². The van der Waals surface area contributed by atoms with Gasteiger partial charge in [-0.2, -0.15) is 0 Å². The van der Waals surface area contributed by atoms with E-state index in [2.05, 4.69) is 213 Å². The maximum Gasteiger partial charge on any atom is 0.0548 e. The molecule has 2 aliphatic carbocycles. The molecule has 0 amide bonds. The third-order valence-corrected chi connectivity index (χ3v) is 14.3. The molecule has 1 heteroatoms. The lowest BCUT2D eigenvalue weighted by atomic mass is 9.86. The Labute approximate surface area is 371 Å². The zero-order valence-electron chi connectivity index (χ0n) is 36.3. The molecule has 2 aliphatic rings. The molecule has 1 atom stereocenters. The monoisotopic (exact) mass is 807 g/mol. The first-order valence-corrected chi connectivity index (χ1v) is 22.7. The number of hydrogen-bond acceptors (Lipinski definition) is 0. The third kappa shape index (κ3) is 6.13. The Balaban J connectivity index is 1.04. The van der Waals surface area contributed by atoms with Crippen molar-refractivity contribution in [2.75, 3.05) is 0 Å². The van der Waals surface area contributed by atoms with Crippen molar-refractivity contribution in [1.82, 2.24) is 4.57 Å². The van der Waals surface area contributed by atoms with Crippen molar-refractivity contribution in [3.8, 4) is 61.3 Å². The molecule has 10 aromatic rings. The van der Waals surface area contributed by atoms with Gasteiger partial charge in [-0.05, 0) is 153 Å². The van der Waals surface area contributed by atoms with Gasteiger partial charge in [0.15, 0.2) is 0 Å². The predicted octanol–water partition coefficient (Wildman–Crippen LogP) is 16.3. The second kappa shape index (κ2) is 15.0. The van der Waals surface area contributed by atoms with Gasteiger partial charge in [0.2, 0.25) is 0 Å². The second-order valence-corrected chi connectivity index (χ2v) is 18.1. The normalized spacial score (nSPS) is 12.9. The van der Waals surface area contributed by atoms with Crippen molar-refractivity contribution in [2.24, 2.45) is 0 Å². The lowest BCUT2D eigenvalue weighted by Gasteiger charge is -2.18. The smallest absolute Gasteiger partial charge is 0.0548 e. The molecule has 0 fully saturated rings. The molecule has 0 saturated carbocycles. The molecule has 1 unspecified atom stereocenters. The molecule has 0 saturated heterocycles. The molecule has 0 bridgehead atoms. The van der Waals surface area contributed by atoms with Crippen molar-refractivity contribution >= 4 is 21.8 Å². The average Bonchev–Trinajstić information content (AvgIpc) is 4.01. The Morgan fingerprint density at radius 3 is 1.92 bits per heavy atom. The highest BCUT2D eigenvalue weighted by Crippen LogP contribution is 2.50. The van der Waals surface area contributed by atoms with E-state index < -0.39 is 0 Å². The van der Waals surface area contributed by atoms with E-state index in [4.69, 9.17) is 0 Å². The van der Waals surface area contributed by atoms with Gasteiger partial charge in [0.1, 0.15) is 0 Å². The number of nitrogens with zero attached hydrogens (tertiary/aromatic N) is 1. The summed E-state index contributed by atoms with van der Waals surface area (Å²) >= 11 is 0. The van der Waals surface area contributed by atoms with Crippen LogP contribution in [0.2, 0.25) is 0 Å². The fourth-order valence-electron chi connectivity index (χ4n) is 11.2. The van der Waals surface area contributed by atoms with Gasteiger partial charge in [-0.3, -0.25) is 0 Å². The summed E-state index contributed by atoms with van der Waals surface area (Å²) in [6, 6.07) is 71.0. The van der Waals surface area contributed by atoms with Crippen molar-refractivity contribution in [3.63, 3.8) is 0 Å². The largest absolute Gasteiger partial charge is 0.309 e. The molecule has 0 aliphatic heterocycles. The second-order valence-electron chi connectivity index (χ2n) is 18.1. The van der Waals surface area contributed by atoms with Crippen molar-refractivity contribution in [2.45, 2.75) is 52.4 Å². The Hall–Kier alpha value is -7.22. The number of fused-ring (bicyclic) bond motifs is 9. The van der Waals surface area contributed by atoms with Crippen LogP contribution in [0.4, 0.5) is 0 Å². The van der Waals surface area contributed by atoms with E-state index in [0.717, 1.165) is 25.7 Å². The first kappa shape index (κ1) is 37.5. The van der Waals surface area contributed by atoms with Crippen LogP contribution in [0.1, 0.15) is 63.8 Å². The molecule has 63 heavy (non-hydrogen) atoms. The molecule has 12 rings (SSSR count). The summed E-state index contributed by atoms with van der Waals surface area (Å²) in [5.74, 6) is 0.419. The summed E-state index contributed by atoms with van der Waals surface area (Å²) in [5.41, 5.74) is 28.1. The molecule has 9 aromatic carbocycles. The van der Waals surface area contributed by atoms with Crippen molar-refractivity contribution in [3.05, 3.63) is 233 Å². The Bertz CT molecular complexity index is 3430.